The van der Waals surface area contributed by atoms with Crippen LogP contribution in [0.2, 0.25) is 0 Å². The number of pyridine rings is 2. The van der Waals surface area contributed by atoms with E-state index in [9.17, 15) is 0 Å². The molecule has 0 atom stereocenters. The Morgan fingerprint density at radius 2 is 1.65 bits per heavy atom. The minimum Gasteiger partial charge on any atom is -0.508 e. The van der Waals surface area contributed by atoms with Gasteiger partial charge in [-0.15, -0.1) is 12.6 Å². The first-order chi connectivity index (χ1) is 12.6. The smallest absolute Gasteiger partial charge is 0.181 e. The summed E-state index contributed by atoms with van der Waals surface area (Å²) in [4.78, 5) is 14.6. The molecule has 0 amide bonds. The van der Waals surface area contributed by atoms with E-state index in [1.54, 1.807) is 42.9 Å². The molecule has 26 heavy (non-hydrogen) atoms. The first-order valence-corrected chi connectivity index (χ1v) is 8.96. The zero-order valence-corrected chi connectivity index (χ0v) is 15.4. The fourth-order valence-corrected chi connectivity index (χ4v) is 3.16. The number of rotatable bonds is 2. The van der Waals surface area contributed by atoms with E-state index in [1.165, 1.54) is 11.3 Å². The second-order valence-corrected chi connectivity index (χ2v) is 6.74. The number of thiol groups is 1. The Morgan fingerprint density at radius 3 is 2.27 bits per heavy atom. The number of thiazole rings is 1. The molecular weight excluding hydrogens is 364 g/mol. The van der Waals surface area contributed by atoms with Crippen molar-refractivity contribution in [1.29, 1.82) is 0 Å². The van der Waals surface area contributed by atoms with E-state index in [-0.39, 0.29) is 5.75 Å². The molecule has 130 valence electrons. The highest BCUT2D eigenvalue weighted by atomic mass is 32.1. The lowest BCUT2D eigenvalue weighted by Gasteiger charge is -2.00. The van der Waals surface area contributed by atoms with Crippen molar-refractivity contribution in [2.45, 2.75) is 4.90 Å². The molecule has 0 spiro atoms. The standard InChI is InChI=1S/C13H10N4S.C6H6OS/c14-13-17-11(10-3-1-2-6-16-10)12(18-13)9-4-7-15-8-5-9;7-5-1-3-6(8)4-2-5/h1-8H,(H2,14,17);1-4,7-8H. The molecule has 5 nitrogen and oxygen atoms in total. The molecule has 0 aliphatic carbocycles. The first kappa shape index (κ1) is 17.9. The van der Waals surface area contributed by atoms with Gasteiger partial charge in [-0.05, 0) is 54.1 Å². The fourth-order valence-electron chi connectivity index (χ4n) is 2.16. The van der Waals surface area contributed by atoms with Gasteiger partial charge < -0.3 is 10.8 Å². The van der Waals surface area contributed by atoms with Gasteiger partial charge in [-0.3, -0.25) is 9.97 Å². The van der Waals surface area contributed by atoms with E-state index in [4.69, 9.17) is 10.8 Å². The summed E-state index contributed by atoms with van der Waals surface area (Å²) in [5.74, 6) is 0.280. The minimum absolute atomic E-state index is 0.280. The minimum atomic E-state index is 0.280. The topological polar surface area (TPSA) is 84.9 Å². The number of nitrogens with two attached hydrogens (primary N) is 1. The normalized spacial score (nSPS) is 10.0. The molecular formula is C19H16N4OS2. The third-order valence-electron chi connectivity index (χ3n) is 3.34. The van der Waals surface area contributed by atoms with Crippen LogP contribution in [0.25, 0.3) is 21.8 Å². The summed E-state index contributed by atoms with van der Waals surface area (Å²) in [7, 11) is 0. The SMILES string of the molecule is Nc1nc(-c2ccccn2)c(-c2ccncc2)s1.Oc1ccc(S)cc1. The van der Waals surface area contributed by atoms with Gasteiger partial charge in [0, 0.05) is 23.5 Å². The quantitative estimate of drug-likeness (QED) is 0.445. The molecule has 0 aliphatic rings. The van der Waals surface area contributed by atoms with Crippen molar-refractivity contribution in [3.63, 3.8) is 0 Å². The molecule has 7 heteroatoms. The van der Waals surface area contributed by atoms with E-state index >= 15 is 0 Å². The Kier molecular flexibility index (Phi) is 5.83. The van der Waals surface area contributed by atoms with E-state index in [0.29, 0.717) is 5.13 Å². The average Bonchev–Trinajstić information content (AvgIpc) is 3.08. The molecule has 3 N–H and O–H groups in total. The zero-order valence-electron chi connectivity index (χ0n) is 13.6. The molecule has 4 rings (SSSR count). The molecule has 0 saturated heterocycles. The van der Waals surface area contributed by atoms with Gasteiger partial charge in [0.1, 0.15) is 11.4 Å². The fraction of sp³-hybridized carbons (Fsp3) is 0. The third-order valence-corrected chi connectivity index (χ3v) is 4.58. The van der Waals surface area contributed by atoms with Crippen LogP contribution in [0.3, 0.4) is 0 Å². The number of phenolic OH excluding ortho intramolecular Hbond substituents is 1. The maximum absolute atomic E-state index is 8.72. The Labute approximate surface area is 160 Å². The van der Waals surface area contributed by atoms with E-state index < -0.39 is 0 Å². The van der Waals surface area contributed by atoms with Gasteiger partial charge in [0.2, 0.25) is 0 Å². The number of aromatic hydroxyl groups is 1. The van der Waals surface area contributed by atoms with Gasteiger partial charge >= 0.3 is 0 Å². The van der Waals surface area contributed by atoms with Gasteiger partial charge in [0.05, 0.1) is 10.6 Å². The monoisotopic (exact) mass is 380 g/mol. The van der Waals surface area contributed by atoms with Crippen LogP contribution < -0.4 is 5.73 Å². The van der Waals surface area contributed by atoms with E-state index in [2.05, 4.69) is 27.6 Å². The Balaban J connectivity index is 0.000000206. The van der Waals surface area contributed by atoms with Gasteiger partial charge in [0.15, 0.2) is 5.13 Å². The van der Waals surface area contributed by atoms with Crippen LogP contribution in [0.4, 0.5) is 5.13 Å². The molecule has 0 aliphatic heterocycles. The maximum atomic E-state index is 8.72. The first-order valence-electron chi connectivity index (χ1n) is 7.69. The molecule has 3 aromatic heterocycles. The average molecular weight is 380 g/mol. The van der Waals surface area contributed by atoms with Crippen LogP contribution in [0, 0.1) is 0 Å². The van der Waals surface area contributed by atoms with Crippen molar-refractivity contribution in [3.8, 4) is 27.6 Å². The van der Waals surface area contributed by atoms with Crippen molar-refractivity contribution in [2.24, 2.45) is 0 Å². The zero-order chi connectivity index (χ0) is 18.4. The predicted molar refractivity (Wildman–Crippen MR) is 108 cm³/mol. The molecule has 4 aromatic rings. The number of nitrogen functional groups attached to an aromatic ring is 1. The summed E-state index contributed by atoms with van der Waals surface area (Å²) < 4.78 is 0. The third kappa shape index (κ3) is 4.59. The summed E-state index contributed by atoms with van der Waals surface area (Å²) in [5.41, 5.74) is 8.53. The van der Waals surface area contributed by atoms with Crippen molar-refractivity contribution in [1.82, 2.24) is 15.0 Å². The summed E-state index contributed by atoms with van der Waals surface area (Å²) >= 11 is 5.48. The van der Waals surface area contributed by atoms with Crippen LogP contribution in [-0.4, -0.2) is 20.1 Å². The molecule has 1 aromatic carbocycles. The number of anilines is 1. The van der Waals surface area contributed by atoms with Gasteiger partial charge in [-0.25, -0.2) is 4.98 Å². The molecule has 3 heterocycles. The number of phenols is 1. The lowest BCUT2D eigenvalue weighted by atomic mass is 10.1. The second kappa shape index (κ2) is 8.46. The second-order valence-electron chi connectivity index (χ2n) is 5.20. The van der Waals surface area contributed by atoms with Crippen molar-refractivity contribution in [3.05, 3.63) is 73.2 Å². The number of nitrogens with zero attached hydrogens (tertiary/aromatic N) is 3. The Hall–Kier alpha value is -2.90. The molecule has 0 saturated carbocycles. The van der Waals surface area contributed by atoms with Crippen LogP contribution in [0.1, 0.15) is 0 Å². The highest BCUT2D eigenvalue weighted by Crippen LogP contribution is 2.36. The van der Waals surface area contributed by atoms with Crippen LogP contribution in [0.15, 0.2) is 78.1 Å². The van der Waals surface area contributed by atoms with E-state index in [0.717, 1.165) is 26.7 Å². The number of benzene rings is 1. The predicted octanol–water partition coefficient (Wildman–Crippen LogP) is 4.53. The van der Waals surface area contributed by atoms with Gasteiger partial charge in [-0.2, -0.15) is 0 Å². The lowest BCUT2D eigenvalue weighted by Crippen LogP contribution is -1.86. The van der Waals surface area contributed by atoms with Crippen molar-refractivity contribution < 1.29 is 5.11 Å². The van der Waals surface area contributed by atoms with Gasteiger partial charge in [0.25, 0.3) is 0 Å². The lowest BCUT2D eigenvalue weighted by molar-refractivity contribution is 0.475. The van der Waals surface area contributed by atoms with Crippen molar-refractivity contribution in [2.75, 3.05) is 5.73 Å². The summed E-state index contributed by atoms with van der Waals surface area (Å²) in [5, 5.41) is 9.27. The van der Waals surface area contributed by atoms with Crippen molar-refractivity contribution >= 4 is 29.1 Å². The Morgan fingerprint density at radius 1 is 0.923 bits per heavy atom. The number of hydrogen-bond acceptors (Lipinski definition) is 7. The Bertz CT molecular complexity index is 880. The van der Waals surface area contributed by atoms with E-state index in [1.807, 2.05) is 30.3 Å². The molecule has 0 unspecified atom stereocenters. The molecule has 0 radical (unpaired) electrons. The molecule has 0 fully saturated rings. The molecule has 0 bridgehead atoms. The summed E-state index contributed by atoms with van der Waals surface area (Å²) in [6.07, 6.45) is 5.27. The highest BCUT2D eigenvalue weighted by molar-refractivity contribution is 7.80. The maximum Gasteiger partial charge on any atom is 0.181 e. The number of hydrogen-bond donors (Lipinski definition) is 3. The summed E-state index contributed by atoms with van der Waals surface area (Å²) in [6, 6.07) is 16.3. The van der Waals surface area contributed by atoms with Crippen LogP contribution >= 0.6 is 24.0 Å². The van der Waals surface area contributed by atoms with Crippen LogP contribution in [0.5, 0.6) is 5.75 Å². The number of aromatic nitrogens is 3. The highest BCUT2D eigenvalue weighted by Gasteiger charge is 2.14. The van der Waals surface area contributed by atoms with Gasteiger partial charge in [-0.1, -0.05) is 17.4 Å². The summed E-state index contributed by atoms with van der Waals surface area (Å²) in [6.45, 7) is 0. The van der Waals surface area contributed by atoms with Crippen LogP contribution in [-0.2, 0) is 0 Å². The largest absolute Gasteiger partial charge is 0.508 e.